The fourth-order valence-electron chi connectivity index (χ4n) is 4.18. The maximum absolute atomic E-state index is 13.2. The lowest BCUT2D eigenvalue weighted by atomic mass is 9.84. The van der Waals surface area contributed by atoms with Crippen molar-refractivity contribution >= 4 is 38.4 Å². The van der Waals surface area contributed by atoms with Crippen molar-refractivity contribution in [1.82, 2.24) is 15.0 Å². The highest BCUT2D eigenvalue weighted by Gasteiger charge is 2.27. The highest BCUT2D eigenvalue weighted by atomic mass is 32.1. The maximum Gasteiger partial charge on any atom is 0.387 e. The van der Waals surface area contributed by atoms with Gasteiger partial charge in [0.25, 0.3) is 0 Å². The van der Waals surface area contributed by atoms with Gasteiger partial charge in [-0.3, -0.25) is 4.79 Å². The number of aliphatic hydroxyl groups excluding tert-OH is 1. The predicted molar refractivity (Wildman–Crippen MR) is 121 cm³/mol. The average molecular weight is 476 g/mol. The van der Waals surface area contributed by atoms with Gasteiger partial charge in [0.2, 0.25) is 0 Å². The molecule has 7 nitrogen and oxygen atoms in total. The van der Waals surface area contributed by atoms with Crippen LogP contribution in [0.15, 0.2) is 29.6 Å². The second-order valence-electron chi connectivity index (χ2n) is 7.62. The molecule has 0 aliphatic rings. The van der Waals surface area contributed by atoms with E-state index in [4.69, 9.17) is 9.47 Å². The Morgan fingerprint density at radius 1 is 1.30 bits per heavy atom. The average Bonchev–Trinajstić information content (AvgIpc) is 3.40. The number of hydrogen-bond donors (Lipinski definition) is 1. The van der Waals surface area contributed by atoms with Crippen molar-refractivity contribution in [2.75, 3.05) is 6.61 Å². The first-order chi connectivity index (χ1) is 15.8. The maximum atomic E-state index is 13.2. The summed E-state index contributed by atoms with van der Waals surface area (Å²) in [6, 6.07) is 7.25. The van der Waals surface area contributed by atoms with E-state index in [1.807, 2.05) is 30.5 Å². The monoisotopic (exact) mass is 475 g/mol. The molecule has 1 unspecified atom stereocenters. The first kappa shape index (κ1) is 23.1. The third kappa shape index (κ3) is 4.40. The first-order valence-electron chi connectivity index (χ1n) is 10.4. The lowest BCUT2D eigenvalue weighted by Gasteiger charge is -2.22. The molecule has 1 N–H and O–H groups in total. The number of hydrogen-bond acceptors (Lipinski definition) is 7. The third-order valence-electron chi connectivity index (χ3n) is 5.63. The van der Waals surface area contributed by atoms with E-state index in [0.29, 0.717) is 22.2 Å². The normalized spacial score (nSPS) is 12.6. The van der Waals surface area contributed by atoms with Crippen LogP contribution in [0, 0.1) is 6.92 Å². The largest absolute Gasteiger partial charge is 0.466 e. The summed E-state index contributed by atoms with van der Waals surface area (Å²) in [5.41, 5.74) is 3.55. The van der Waals surface area contributed by atoms with Crippen LogP contribution in [0.1, 0.15) is 41.5 Å². The molecule has 0 bridgehead atoms. The van der Waals surface area contributed by atoms with Gasteiger partial charge in [0, 0.05) is 17.7 Å². The summed E-state index contributed by atoms with van der Waals surface area (Å²) in [6.07, 6.45) is -0.0188. The lowest BCUT2D eigenvalue weighted by molar-refractivity contribution is -0.143. The number of thiophene rings is 1. The molecular formula is C23H23F2N3O4S. The third-order valence-corrected chi connectivity index (χ3v) is 6.63. The topological polar surface area (TPSA) is 86.5 Å². The van der Waals surface area contributed by atoms with Gasteiger partial charge in [0.05, 0.1) is 19.6 Å². The summed E-state index contributed by atoms with van der Waals surface area (Å²) in [4.78, 5) is 12.6. The number of fused-ring (bicyclic) bond motifs is 2. The van der Waals surface area contributed by atoms with Gasteiger partial charge in [0.1, 0.15) is 11.0 Å². The Morgan fingerprint density at radius 2 is 2.09 bits per heavy atom. The zero-order valence-electron chi connectivity index (χ0n) is 18.3. The number of rotatable bonds is 8. The molecule has 0 aliphatic heterocycles. The molecule has 4 aromatic rings. The minimum atomic E-state index is -3.04. The van der Waals surface area contributed by atoms with Crippen LogP contribution in [0.4, 0.5) is 8.78 Å². The molecule has 0 aliphatic carbocycles. The van der Waals surface area contributed by atoms with Crippen molar-refractivity contribution in [1.29, 1.82) is 0 Å². The predicted octanol–water partition coefficient (Wildman–Crippen LogP) is 4.67. The molecular weight excluding hydrogens is 452 g/mol. The Labute approximate surface area is 192 Å². The van der Waals surface area contributed by atoms with Crippen LogP contribution in [0.2, 0.25) is 0 Å². The number of ether oxygens (including phenoxy) is 2. The molecule has 0 spiro atoms. The number of carbonyl (C=O) groups is 1. The summed E-state index contributed by atoms with van der Waals surface area (Å²) >= 11 is 1.52. The molecule has 174 valence electrons. The second-order valence-corrected chi connectivity index (χ2v) is 8.53. The zero-order chi connectivity index (χ0) is 23.7. The van der Waals surface area contributed by atoms with Crippen LogP contribution < -0.4 is 4.74 Å². The first-order valence-corrected chi connectivity index (χ1v) is 11.3. The molecule has 1 atom stereocenters. The van der Waals surface area contributed by atoms with Crippen molar-refractivity contribution in [2.24, 2.45) is 7.05 Å². The van der Waals surface area contributed by atoms with E-state index in [0.717, 1.165) is 21.2 Å². The van der Waals surface area contributed by atoms with Crippen molar-refractivity contribution in [3.05, 3.63) is 51.9 Å². The Bertz CT molecular complexity index is 1320. The van der Waals surface area contributed by atoms with E-state index >= 15 is 0 Å². The zero-order valence-corrected chi connectivity index (χ0v) is 19.2. The quantitative estimate of drug-likeness (QED) is 0.373. The van der Waals surface area contributed by atoms with E-state index in [9.17, 15) is 18.7 Å². The number of aliphatic hydroxyl groups is 1. The van der Waals surface area contributed by atoms with Crippen LogP contribution in [0.25, 0.3) is 21.1 Å². The SMILES string of the molecule is CCOC(=O)CC(c1cc(CO)c2sccc2c1)c1cc(OC(F)F)c2c(nnn2C)c1C. The molecule has 2 aromatic carbocycles. The number of aryl methyl sites for hydroxylation is 2. The van der Waals surface area contributed by atoms with Gasteiger partial charge in [-0.15, -0.1) is 16.4 Å². The molecule has 4 rings (SSSR count). The van der Waals surface area contributed by atoms with Crippen LogP contribution in [0.5, 0.6) is 5.75 Å². The summed E-state index contributed by atoms with van der Waals surface area (Å²) in [7, 11) is 1.60. The fraction of sp³-hybridized carbons (Fsp3) is 0.348. The van der Waals surface area contributed by atoms with Gasteiger partial charge in [-0.25, -0.2) is 4.68 Å². The number of alkyl halides is 2. The molecule has 2 heterocycles. The van der Waals surface area contributed by atoms with Gasteiger partial charge < -0.3 is 14.6 Å². The summed E-state index contributed by atoms with van der Waals surface area (Å²) in [6.45, 7) is 0.551. The van der Waals surface area contributed by atoms with E-state index < -0.39 is 18.5 Å². The van der Waals surface area contributed by atoms with E-state index in [1.54, 1.807) is 14.0 Å². The number of carbonyl (C=O) groups excluding carboxylic acids is 1. The van der Waals surface area contributed by atoms with E-state index in [1.165, 1.54) is 22.1 Å². The van der Waals surface area contributed by atoms with Gasteiger partial charge in [-0.05, 0) is 65.1 Å². The van der Waals surface area contributed by atoms with E-state index in [-0.39, 0.29) is 25.4 Å². The van der Waals surface area contributed by atoms with Gasteiger partial charge in [-0.2, -0.15) is 8.78 Å². The molecule has 2 aromatic heterocycles. The van der Waals surface area contributed by atoms with Crippen LogP contribution in [-0.2, 0) is 23.2 Å². The number of nitrogens with zero attached hydrogens (tertiary/aromatic N) is 3. The Morgan fingerprint density at radius 3 is 2.79 bits per heavy atom. The summed E-state index contributed by atoms with van der Waals surface area (Å²) < 4.78 is 38.8. The lowest BCUT2D eigenvalue weighted by Crippen LogP contribution is -2.14. The number of halogens is 2. The van der Waals surface area contributed by atoms with Crippen LogP contribution >= 0.6 is 11.3 Å². The highest BCUT2D eigenvalue weighted by molar-refractivity contribution is 7.17. The van der Waals surface area contributed by atoms with Crippen molar-refractivity contribution in [3.63, 3.8) is 0 Å². The molecule has 0 saturated heterocycles. The van der Waals surface area contributed by atoms with Crippen molar-refractivity contribution in [2.45, 2.75) is 39.4 Å². The molecule has 0 fully saturated rings. The number of esters is 1. The summed E-state index contributed by atoms with van der Waals surface area (Å²) in [5.74, 6) is -1.03. The molecule has 0 amide bonds. The van der Waals surface area contributed by atoms with Gasteiger partial charge in [-0.1, -0.05) is 11.3 Å². The van der Waals surface area contributed by atoms with Crippen molar-refractivity contribution < 1.29 is 28.2 Å². The Balaban J connectivity index is 1.95. The Hall–Kier alpha value is -3.11. The molecule has 0 saturated carbocycles. The van der Waals surface area contributed by atoms with Crippen LogP contribution in [0.3, 0.4) is 0 Å². The second kappa shape index (κ2) is 9.40. The fourth-order valence-corrected chi connectivity index (χ4v) is 5.07. The standard InChI is InChI=1S/C23H23F2N3O4S/c1-4-31-19(30)10-17(14-7-13-5-6-33-22(13)15(8-14)11-29)16-9-18(32-23(24)25)21-20(12(16)2)26-27-28(21)3/h5-9,17,23,29H,4,10-11H2,1-3H3. The van der Waals surface area contributed by atoms with Crippen molar-refractivity contribution in [3.8, 4) is 5.75 Å². The molecule has 10 heteroatoms. The van der Waals surface area contributed by atoms with Crippen LogP contribution in [-0.4, -0.2) is 39.3 Å². The molecule has 0 radical (unpaired) electrons. The minimum absolute atomic E-state index is 0.0188. The van der Waals surface area contributed by atoms with Gasteiger partial charge in [0.15, 0.2) is 5.75 Å². The minimum Gasteiger partial charge on any atom is -0.466 e. The number of benzene rings is 2. The molecule has 33 heavy (non-hydrogen) atoms. The highest BCUT2D eigenvalue weighted by Crippen LogP contribution is 2.40. The summed E-state index contributed by atoms with van der Waals surface area (Å²) in [5, 5.41) is 20.9. The number of aromatic nitrogens is 3. The smallest absolute Gasteiger partial charge is 0.387 e. The van der Waals surface area contributed by atoms with Gasteiger partial charge >= 0.3 is 12.6 Å². The Kier molecular flexibility index (Phi) is 6.57. The van der Waals surface area contributed by atoms with E-state index in [2.05, 4.69) is 10.3 Å².